The van der Waals surface area contributed by atoms with Crippen LogP contribution in [0.4, 0.5) is 44.7 Å². The molecule has 3 fully saturated rings. The number of para-hydroxylation sites is 1. The Morgan fingerprint density at radius 2 is 1.41 bits per heavy atom. The van der Waals surface area contributed by atoms with Gasteiger partial charge >= 0.3 is 0 Å². The van der Waals surface area contributed by atoms with E-state index in [2.05, 4.69) is 5.32 Å². The second-order valence-electron chi connectivity index (χ2n) is 13.9. The maximum Gasteiger partial charge on any atom is 0.258 e. The van der Waals surface area contributed by atoms with Crippen LogP contribution in [0, 0.1) is 46.8 Å². The van der Waals surface area contributed by atoms with Crippen molar-refractivity contribution in [1.29, 1.82) is 0 Å². The summed E-state index contributed by atoms with van der Waals surface area (Å²) in [6.45, 7) is 1.70. The smallest absolute Gasteiger partial charge is 0.258 e. The van der Waals surface area contributed by atoms with E-state index in [1.54, 1.807) is 37.3 Å². The molecule has 2 aliphatic carbocycles. The number of phenolic OH excluding ortho intramolecular Hbond substituents is 1. The number of nitrogens with one attached hydrogen (secondary N) is 1. The SMILES string of the molecule is CCOc1cc(C2C3=CCC4C(=O)N(c5ccc(Nc6ccccc6)cc5)C(=O)C4C3CC3(Cl)C(=O)N(c4c(F)c(F)c(F)c(F)c4F)C(=O)C23Cl)ccc1O. The monoisotopic (exact) mass is 811 g/mol. The van der Waals surface area contributed by atoms with Gasteiger partial charge in [0, 0.05) is 17.3 Å². The highest BCUT2D eigenvalue weighted by atomic mass is 35.5. The van der Waals surface area contributed by atoms with E-state index in [4.69, 9.17) is 27.9 Å². The van der Waals surface area contributed by atoms with E-state index in [9.17, 15) is 37.5 Å². The van der Waals surface area contributed by atoms with Crippen LogP contribution in [0.3, 0.4) is 0 Å². The molecule has 2 heterocycles. The van der Waals surface area contributed by atoms with Gasteiger partial charge in [-0.15, -0.1) is 23.2 Å². The lowest BCUT2D eigenvalue weighted by molar-refractivity contribution is -0.125. The van der Waals surface area contributed by atoms with Gasteiger partial charge < -0.3 is 15.2 Å². The minimum atomic E-state index is -2.71. The van der Waals surface area contributed by atoms with Crippen LogP contribution >= 0.6 is 23.2 Å². The summed E-state index contributed by atoms with van der Waals surface area (Å²) in [6, 6.07) is 19.6. The lowest BCUT2D eigenvalue weighted by Crippen LogP contribution is -2.60. The van der Waals surface area contributed by atoms with Crippen LogP contribution in [0.15, 0.2) is 84.4 Å². The Morgan fingerprint density at radius 1 is 0.786 bits per heavy atom. The summed E-state index contributed by atoms with van der Waals surface area (Å²) in [5, 5.41) is 13.7. The maximum absolute atomic E-state index is 15.3. The average molecular weight is 813 g/mol. The number of imide groups is 2. The number of nitrogens with zero attached hydrogens (tertiary/aromatic N) is 2. The summed E-state index contributed by atoms with van der Waals surface area (Å²) in [6.07, 6.45) is 0.899. The number of rotatable bonds is 7. The number of amides is 4. The number of fused-ring (bicyclic) bond motifs is 4. The Balaban J connectivity index is 1.24. The number of phenols is 1. The van der Waals surface area contributed by atoms with Crippen molar-refractivity contribution < 1.29 is 51.0 Å². The van der Waals surface area contributed by atoms with Gasteiger partial charge in [-0.2, -0.15) is 0 Å². The fourth-order valence-corrected chi connectivity index (χ4v) is 9.49. The van der Waals surface area contributed by atoms with Gasteiger partial charge in [-0.05, 0) is 79.8 Å². The van der Waals surface area contributed by atoms with Crippen molar-refractivity contribution in [2.24, 2.45) is 17.8 Å². The number of anilines is 4. The molecule has 4 aromatic carbocycles. The molecular formula is C40H28Cl2F5N3O6. The molecule has 2 saturated heterocycles. The van der Waals surface area contributed by atoms with Crippen LogP contribution in [0.1, 0.15) is 31.2 Å². The molecule has 16 heteroatoms. The Bertz CT molecular complexity index is 2370. The molecule has 2 N–H and O–H groups in total. The molecule has 0 bridgehead atoms. The topological polar surface area (TPSA) is 116 Å². The highest BCUT2D eigenvalue weighted by Gasteiger charge is 2.77. The summed E-state index contributed by atoms with van der Waals surface area (Å²) in [5.74, 6) is -21.9. The molecule has 8 rings (SSSR count). The summed E-state index contributed by atoms with van der Waals surface area (Å²) in [5.41, 5.74) is 0.201. The number of hydrogen-bond donors (Lipinski definition) is 2. The van der Waals surface area contributed by atoms with Crippen LogP contribution in [0.5, 0.6) is 11.5 Å². The van der Waals surface area contributed by atoms with Gasteiger partial charge in [0.25, 0.3) is 11.8 Å². The fraction of sp³-hybridized carbons (Fsp3) is 0.250. The molecule has 4 aliphatic rings. The minimum Gasteiger partial charge on any atom is -0.504 e. The third-order valence-electron chi connectivity index (χ3n) is 11.0. The first kappa shape index (κ1) is 37.5. The van der Waals surface area contributed by atoms with Gasteiger partial charge in [-0.1, -0.05) is 35.9 Å². The highest BCUT2D eigenvalue weighted by molar-refractivity contribution is 6.58. The van der Waals surface area contributed by atoms with E-state index in [-0.39, 0.29) is 46.3 Å². The first-order chi connectivity index (χ1) is 26.6. The van der Waals surface area contributed by atoms with Crippen molar-refractivity contribution in [3.8, 4) is 11.5 Å². The second-order valence-corrected chi connectivity index (χ2v) is 15.1. The number of ether oxygens (including phenoxy) is 1. The number of carbonyl (C=O) groups excluding carboxylic acids is 4. The number of benzene rings is 4. The van der Waals surface area contributed by atoms with Crippen LogP contribution in [0.25, 0.3) is 0 Å². The van der Waals surface area contributed by atoms with Gasteiger partial charge in [-0.3, -0.25) is 24.1 Å². The van der Waals surface area contributed by atoms with Crippen LogP contribution in [-0.2, 0) is 19.2 Å². The van der Waals surface area contributed by atoms with Gasteiger partial charge in [0.1, 0.15) is 5.69 Å². The lowest BCUT2D eigenvalue weighted by Gasteiger charge is -2.50. The molecule has 288 valence electrons. The summed E-state index contributed by atoms with van der Waals surface area (Å²) in [7, 11) is 0. The van der Waals surface area contributed by atoms with E-state index in [0.717, 1.165) is 10.6 Å². The van der Waals surface area contributed by atoms with Crippen molar-refractivity contribution in [2.75, 3.05) is 21.7 Å². The zero-order valence-corrected chi connectivity index (χ0v) is 30.5. The third-order valence-corrected chi connectivity index (χ3v) is 12.4. The summed E-state index contributed by atoms with van der Waals surface area (Å²) < 4.78 is 79.4. The number of aromatic hydroxyl groups is 1. The quantitative estimate of drug-likeness (QED) is 0.0486. The van der Waals surface area contributed by atoms with Crippen LogP contribution < -0.4 is 19.9 Å². The normalized spacial score (nSPS) is 26.9. The van der Waals surface area contributed by atoms with E-state index in [1.165, 1.54) is 18.2 Å². The standard InChI is InChI=1S/C40H28Cl2F5N3O6/c1-2-56-26-16-18(8-15-25(26)51)28-22-13-14-23-27(36(53)49(35(23)52)21-11-9-20(10-12-21)48-19-6-4-3-5-7-19)24(22)17-39(41)37(54)50(38(55)40(28,39)42)34-32(46)30(44)29(43)31(45)33(34)47/h3-13,15-16,23-24,27-28,48,51H,2,14,17H2,1H3. The second kappa shape index (κ2) is 13.3. The summed E-state index contributed by atoms with van der Waals surface area (Å²) in [4.78, 5) is 52.8. The minimum absolute atomic E-state index is 0.0378. The first-order valence-electron chi connectivity index (χ1n) is 17.4. The molecule has 0 aromatic heterocycles. The number of hydrogen-bond acceptors (Lipinski definition) is 7. The zero-order chi connectivity index (χ0) is 40.0. The van der Waals surface area contributed by atoms with Crippen molar-refractivity contribution in [1.82, 2.24) is 0 Å². The average Bonchev–Trinajstić information content (AvgIpc) is 3.53. The molecular weight excluding hydrogens is 784 g/mol. The molecule has 56 heavy (non-hydrogen) atoms. The first-order valence-corrected chi connectivity index (χ1v) is 18.1. The number of allylic oxidation sites excluding steroid dienone is 2. The highest BCUT2D eigenvalue weighted by Crippen LogP contribution is 2.66. The third kappa shape index (κ3) is 5.18. The molecule has 0 radical (unpaired) electrons. The molecule has 0 spiro atoms. The largest absolute Gasteiger partial charge is 0.504 e. The maximum atomic E-state index is 15.3. The Morgan fingerprint density at radius 3 is 2.05 bits per heavy atom. The molecule has 4 amide bonds. The lowest BCUT2D eigenvalue weighted by atomic mass is 9.56. The Hall–Kier alpha value is -5.47. The Labute approximate surface area is 325 Å². The van der Waals surface area contributed by atoms with Crippen molar-refractivity contribution in [3.63, 3.8) is 0 Å². The van der Waals surface area contributed by atoms with E-state index in [1.807, 2.05) is 30.3 Å². The van der Waals surface area contributed by atoms with Crippen molar-refractivity contribution in [3.05, 3.63) is 119 Å². The van der Waals surface area contributed by atoms with Crippen molar-refractivity contribution in [2.45, 2.75) is 35.4 Å². The van der Waals surface area contributed by atoms with E-state index in [0.29, 0.717) is 5.69 Å². The molecule has 9 nitrogen and oxygen atoms in total. The van der Waals surface area contributed by atoms with Crippen LogP contribution in [0.2, 0.25) is 0 Å². The zero-order valence-electron chi connectivity index (χ0n) is 29.0. The van der Waals surface area contributed by atoms with E-state index >= 15 is 8.78 Å². The Kier molecular flexibility index (Phi) is 8.92. The number of carbonyl (C=O) groups is 4. The molecule has 4 aromatic rings. The predicted octanol–water partition coefficient (Wildman–Crippen LogP) is 8.00. The van der Waals surface area contributed by atoms with Gasteiger partial charge in [0.15, 0.2) is 44.5 Å². The molecule has 6 atom stereocenters. The van der Waals surface area contributed by atoms with Gasteiger partial charge in [0.05, 0.1) is 24.1 Å². The fourth-order valence-electron chi connectivity index (χ4n) is 8.56. The van der Waals surface area contributed by atoms with Gasteiger partial charge in [0.2, 0.25) is 17.6 Å². The molecule has 2 aliphatic heterocycles. The van der Waals surface area contributed by atoms with Crippen molar-refractivity contribution >= 4 is 69.6 Å². The molecule has 6 unspecified atom stereocenters. The van der Waals surface area contributed by atoms with E-state index < -0.39 is 98.2 Å². The molecule has 1 saturated carbocycles. The number of alkyl halides is 2. The number of halogens is 7. The van der Waals surface area contributed by atoms with Gasteiger partial charge in [-0.25, -0.2) is 26.9 Å². The summed E-state index contributed by atoms with van der Waals surface area (Å²) >= 11 is 14.4. The predicted molar refractivity (Wildman–Crippen MR) is 194 cm³/mol. The van der Waals surface area contributed by atoms with Crippen LogP contribution in [-0.4, -0.2) is 45.1 Å².